The molecule has 0 aliphatic heterocycles. The van der Waals surface area contributed by atoms with Crippen molar-refractivity contribution in [1.82, 2.24) is 0 Å². The lowest BCUT2D eigenvalue weighted by Gasteiger charge is -2.19. The molecule has 2 heteroatoms. The third-order valence-electron chi connectivity index (χ3n) is 2.71. The van der Waals surface area contributed by atoms with Crippen LogP contribution in [0.1, 0.15) is 24.0 Å². The average Bonchev–Trinajstić information content (AvgIpc) is 2.33. The number of alkyl halides is 1. The summed E-state index contributed by atoms with van der Waals surface area (Å²) in [5, 5.41) is 0. The average molecular weight is 239 g/mol. The van der Waals surface area contributed by atoms with Crippen molar-refractivity contribution in [2.45, 2.75) is 23.6 Å². The Kier molecular flexibility index (Phi) is 2.03. The van der Waals surface area contributed by atoms with E-state index in [-0.39, 0.29) is 10.2 Å². The molecule has 0 aromatic heterocycles. The second-order valence-electron chi connectivity index (χ2n) is 3.77. The number of halogens is 1. The molecule has 0 fully saturated rings. The Labute approximate surface area is 86.3 Å². The van der Waals surface area contributed by atoms with Gasteiger partial charge in [0.05, 0.1) is 5.92 Å². The molecule has 2 unspecified atom stereocenters. The van der Waals surface area contributed by atoms with Gasteiger partial charge in [0.25, 0.3) is 0 Å². The summed E-state index contributed by atoms with van der Waals surface area (Å²) in [7, 11) is 0. The molecule has 1 aliphatic rings. The Bertz CT molecular complexity index is 344. The topological polar surface area (TPSA) is 17.1 Å². The SMILES string of the molecule is CC1(Br)Cc2ccccc2C1C=O. The van der Waals surface area contributed by atoms with Gasteiger partial charge in [-0.25, -0.2) is 0 Å². The first-order chi connectivity index (χ1) is 6.15. The number of hydrogen-bond acceptors (Lipinski definition) is 1. The minimum atomic E-state index is -0.0849. The molecule has 0 bridgehead atoms. The third kappa shape index (κ3) is 1.33. The predicted octanol–water partition coefficient (Wildman–Crippen LogP) is 2.68. The van der Waals surface area contributed by atoms with E-state index in [1.54, 1.807) is 0 Å². The van der Waals surface area contributed by atoms with Crippen molar-refractivity contribution in [3.8, 4) is 0 Å². The van der Waals surface area contributed by atoms with Crippen molar-refractivity contribution in [2.24, 2.45) is 0 Å². The summed E-state index contributed by atoms with van der Waals surface area (Å²) in [4.78, 5) is 11.0. The van der Waals surface area contributed by atoms with Gasteiger partial charge in [0.1, 0.15) is 6.29 Å². The lowest BCUT2D eigenvalue weighted by atomic mass is 9.96. The first-order valence-corrected chi connectivity index (χ1v) is 5.16. The minimum Gasteiger partial charge on any atom is -0.303 e. The maximum absolute atomic E-state index is 11.0. The van der Waals surface area contributed by atoms with E-state index in [0.717, 1.165) is 12.7 Å². The smallest absolute Gasteiger partial charge is 0.128 e. The fraction of sp³-hybridized carbons (Fsp3) is 0.364. The van der Waals surface area contributed by atoms with Crippen LogP contribution in [0.3, 0.4) is 0 Å². The standard InChI is InChI=1S/C11H11BrO/c1-11(12)6-8-4-2-3-5-9(8)10(11)7-13/h2-5,7,10H,6H2,1H3. The Morgan fingerprint density at radius 3 is 2.92 bits per heavy atom. The summed E-state index contributed by atoms with van der Waals surface area (Å²) < 4.78 is -0.0849. The highest BCUT2D eigenvalue weighted by atomic mass is 79.9. The summed E-state index contributed by atoms with van der Waals surface area (Å²) in [6.07, 6.45) is 1.98. The van der Waals surface area contributed by atoms with E-state index in [2.05, 4.69) is 28.9 Å². The number of benzene rings is 1. The molecule has 2 rings (SSSR count). The van der Waals surface area contributed by atoms with Crippen LogP contribution >= 0.6 is 15.9 Å². The van der Waals surface area contributed by atoms with Crippen LogP contribution in [0.5, 0.6) is 0 Å². The van der Waals surface area contributed by atoms with Gasteiger partial charge in [-0.05, 0) is 24.5 Å². The van der Waals surface area contributed by atoms with Gasteiger partial charge in [-0.2, -0.15) is 0 Å². The highest BCUT2D eigenvalue weighted by Crippen LogP contribution is 2.44. The molecular formula is C11H11BrO. The van der Waals surface area contributed by atoms with Gasteiger partial charge >= 0.3 is 0 Å². The fourth-order valence-corrected chi connectivity index (χ4v) is 2.68. The zero-order chi connectivity index (χ0) is 9.47. The van der Waals surface area contributed by atoms with Gasteiger partial charge in [-0.1, -0.05) is 40.2 Å². The number of carbonyl (C=O) groups is 1. The maximum atomic E-state index is 11.0. The molecule has 0 amide bonds. The highest BCUT2D eigenvalue weighted by molar-refractivity contribution is 9.10. The fourth-order valence-electron chi connectivity index (χ4n) is 2.02. The first-order valence-electron chi connectivity index (χ1n) is 4.37. The predicted molar refractivity (Wildman–Crippen MR) is 56.3 cm³/mol. The molecule has 1 aromatic carbocycles. The molecule has 0 saturated heterocycles. The monoisotopic (exact) mass is 238 g/mol. The molecule has 0 N–H and O–H groups in total. The first kappa shape index (κ1) is 8.95. The second kappa shape index (κ2) is 2.95. The number of fused-ring (bicyclic) bond motifs is 1. The van der Waals surface area contributed by atoms with E-state index in [1.807, 2.05) is 18.2 Å². The molecular weight excluding hydrogens is 228 g/mol. The van der Waals surface area contributed by atoms with Crippen molar-refractivity contribution in [3.05, 3.63) is 35.4 Å². The Balaban J connectivity index is 2.52. The van der Waals surface area contributed by atoms with E-state index < -0.39 is 0 Å². The summed E-state index contributed by atoms with van der Waals surface area (Å²) in [6, 6.07) is 8.15. The summed E-state index contributed by atoms with van der Waals surface area (Å²) in [5.41, 5.74) is 2.47. The maximum Gasteiger partial charge on any atom is 0.128 e. The van der Waals surface area contributed by atoms with Crippen LogP contribution in [0.15, 0.2) is 24.3 Å². The van der Waals surface area contributed by atoms with Crippen molar-refractivity contribution < 1.29 is 4.79 Å². The summed E-state index contributed by atoms with van der Waals surface area (Å²) in [6.45, 7) is 2.08. The molecule has 0 heterocycles. The van der Waals surface area contributed by atoms with Crippen LogP contribution in [-0.2, 0) is 11.2 Å². The summed E-state index contributed by atoms with van der Waals surface area (Å²) >= 11 is 3.62. The molecule has 1 nitrogen and oxygen atoms in total. The van der Waals surface area contributed by atoms with E-state index in [0.29, 0.717) is 0 Å². The number of hydrogen-bond donors (Lipinski definition) is 0. The van der Waals surface area contributed by atoms with Gasteiger partial charge in [0.15, 0.2) is 0 Å². The number of rotatable bonds is 1. The molecule has 13 heavy (non-hydrogen) atoms. The Hall–Kier alpha value is -0.630. The van der Waals surface area contributed by atoms with E-state index in [4.69, 9.17) is 0 Å². The van der Waals surface area contributed by atoms with Crippen LogP contribution in [0.4, 0.5) is 0 Å². The summed E-state index contributed by atoms with van der Waals surface area (Å²) in [5.74, 6) is 0.00343. The lowest BCUT2D eigenvalue weighted by Crippen LogP contribution is -2.22. The van der Waals surface area contributed by atoms with Crippen LogP contribution in [0, 0.1) is 0 Å². The largest absolute Gasteiger partial charge is 0.303 e. The van der Waals surface area contributed by atoms with Crippen molar-refractivity contribution in [3.63, 3.8) is 0 Å². The van der Waals surface area contributed by atoms with Crippen molar-refractivity contribution in [1.29, 1.82) is 0 Å². The van der Waals surface area contributed by atoms with Crippen molar-refractivity contribution in [2.75, 3.05) is 0 Å². The van der Waals surface area contributed by atoms with Crippen LogP contribution < -0.4 is 0 Å². The third-order valence-corrected chi connectivity index (χ3v) is 3.48. The zero-order valence-corrected chi connectivity index (χ0v) is 9.04. The van der Waals surface area contributed by atoms with Gasteiger partial charge in [-0.3, -0.25) is 0 Å². The Morgan fingerprint density at radius 1 is 1.54 bits per heavy atom. The van der Waals surface area contributed by atoms with Gasteiger partial charge in [-0.15, -0.1) is 0 Å². The van der Waals surface area contributed by atoms with E-state index in [1.165, 1.54) is 11.1 Å². The second-order valence-corrected chi connectivity index (χ2v) is 5.58. The molecule has 68 valence electrons. The highest BCUT2D eigenvalue weighted by Gasteiger charge is 2.39. The molecule has 0 saturated carbocycles. The van der Waals surface area contributed by atoms with Crippen LogP contribution in [0.2, 0.25) is 0 Å². The number of aldehydes is 1. The van der Waals surface area contributed by atoms with E-state index >= 15 is 0 Å². The van der Waals surface area contributed by atoms with E-state index in [9.17, 15) is 4.79 Å². The van der Waals surface area contributed by atoms with Gasteiger partial charge in [0.2, 0.25) is 0 Å². The molecule has 2 atom stereocenters. The number of carbonyl (C=O) groups excluding carboxylic acids is 1. The lowest BCUT2D eigenvalue weighted by molar-refractivity contribution is -0.109. The quantitative estimate of drug-likeness (QED) is 0.544. The van der Waals surface area contributed by atoms with Crippen molar-refractivity contribution >= 4 is 22.2 Å². The molecule has 1 aromatic rings. The molecule has 1 aliphatic carbocycles. The molecule has 0 spiro atoms. The Morgan fingerprint density at radius 2 is 2.23 bits per heavy atom. The molecule has 0 radical (unpaired) electrons. The van der Waals surface area contributed by atoms with Crippen LogP contribution in [-0.4, -0.2) is 10.6 Å². The normalized spacial score (nSPS) is 31.4. The zero-order valence-electron chi connectivity index (χ0n) is 7.46. The van der Waals surface area contributed by atoms with Gasteiger partial charge in [0, 0.05) is 4.32 Å². The van der Waals surface area contributed by atoms with Crippen LogP contribution in [0.25, 0.3) is 0 Å². The van der Waals surface area contributed by atoms with Gasteiger partial charge < -0.3 is 4.79 Å². The minimum absolute atomic E-state index is 0.00343.